The van der Waals surface area contributed by atoms with Crippen LogP contribution in [0.15, 0.2) is 0 Å². The third-order valence-electron chi connectivity index (χ3n) is 3.21. The molecule has 82 valence electrons. The van der Waals surface area contributed by atoms with Crippen LogP contribution in [-0.2, 0) is 4.79 Å². The van der Waals surface area contributed by atoms with Crippen LogP contribution in [0.2, 0.25) is 0 Å². The van der Waals surface area contributed by atoms with Crippen molar-refractivity contribution in [2.24, 2.45) is 11.8 Å². The number of carboxylic acid groups (broad SMARTS) is 1. The lowest BCUT2D eigenvalue weighted by Crippen LogP contribution is -2.21. The minimum atomic E-state index is -0.736. The fourth-order valence-electron chi connectivity index (χ4n) is 2.14. The molecule has 3 heteroatoms. The summed E-state index contributed by atoms with van der Waals surface area (Å²) in [4.78, 5) is 10.4. The molecule has 14 heavy (non-hydrogen) atoms. The molecule has 0 bridgehead atoms. The van der Waals surface area contributed by atoms with Crippen molar-refractivity contribution >= 4 is 17.6 Å². The molecule has 0 heterocycles. The average molecular weight is 219 g/mol. The summed E-state index contributed by atoms with van der Waals surface area (Å²) in [6.07, 6.45) is 5.68. The summed E-state index contributed by atoms with van der Waals surface area (Å²) in [5, 5.41) is 8.61. The Morgan fingerprint density at radius 2 is 2.00 bits per heavy atom. The summed E-state index contributed by atoms with van der Waals surface area (Å²) >= 11 is 6.19. The Morgan fingerprint density at radius 3 is 2.50 bits per heavy atom. The van der Waals surface area contributed by atoms with E-state index in [1.807, 2.05) is 0 Å². The molecule has 0 aromatic heterocycles. The second-order valence-corrected chi connectivity index (χ2v) is 5.03. The fraction of sp³-hybridized carbons (Fsp3) is 0.909. The first-order valence-electron chi connectivity index (χ1n) is 5.45. The van der Waals surface area contributed by atoms with Gasteiger partial charge in [0.1, 0.15) is 0 Å². The van der Waals surface area contributed by atoms with Gasteiger partial charge in [-0.3, -0.25) is 4.79 Å². The van der Waals surface area contributed by atoms with Crippen molar-refractivity contribution in [3.8, 4) is 0 Å². The zero-order chi connectivity index (χ0) is 10.6. The number of aliphatic carboxylic acids is 1. The minimum absolute atomic E-state index is 0.0681. The molecular formula is C11H19ClO2. The maximum atomic E-state index is 10.4. The third-order valence-corrected chi connectivity index (χ3v) is 3.78. The zero-order valence-electron chi connectivity index (χ0n) is 8.71. The maximum Gasteiger partial charge on any atom is 0.303 e. The molecule has 2 nitrogen and oxygen atoms in total. The molecule has 0 aliphatic heterocycles. The van der Waals surface area contributed by atoms with Crippen LogP contribution in [0, 0.1) is 11.8 Å². The monoisotopic (exact) mass is 218 g/mol. The Kier molecular flexibility index (Phi) is 4.73. The van der Waals surface area contributed by atoms with Gasteiger partial charge in [0, 0.05) is 11.8 Å². The smallest absolute Gasteiger partial charge is 0.303 e. The van der Waals surface area contributed by atoms with Gasteiger partial charge in [-0.1, -0.05) is 19.8 Å². The van der Waals surface area contributed by atoms with E-state index >= 15 is 0 Å². The lowest BCUT2D eigenvalue weighted by molar-refractivity contribution is -0.137. The van der Waals surface area contributed by atoms with Gasteiger partial charge in [0.05, 0.1) is 0 Å². The van der Waals surface area contributed by atoms with E-state index < -0.39 is 5.97 Å². The molecule has 1 N–H and O–H groups in total. The van der Waals surface area contributed by atoms with Crippen LogP contribution >= 0.6 is 11.6 Å². The lowest BCUT2D eigenvalue weighted by Gasteiger charge is -2.29. The summed E-state index contributed by atoms with van der Waals surface area (Å²) < 4.78 is 0. The Morgan fingerprint density at radius 1 is 1.43 bits per heavy atom. The Bertz CT molecular complexity index is 186. The van der Waals surface area contributed by atoms with Gasteiger partial charge in [-0.25, -0.2) is 0 Å². The first-order chi connectivity index (χ1) is 6.59. The van der Waals surface area contributed by atoms with Crippen LogP contribution < -0.4 is 0 Å². The molecule has 0 spiro atoms. The van der Waals surface area contributed by atoms with Gasteiger partial charge < -0.3 is 5.11 Å². The van der Waals surface area contributed by atoms with Crippen molar-refractivity contribution < 1.29 is 9.90 Å². The van der Waals surface area contributed by atoms with Crippen LogP contribution in [-0.4, -0.2) is 16.5 Å². The van der Waals surface area contributed by atoms with Crippen molar-refractivity contribution in [2.45, 2.75) is 50.8 Å². The highest BCUT2D eigenvalue weighted by Crippen LogP contribution is 2.34. The molecule has 1 aliphatic rings. The Balaban J connectivity index is 2.23. The summed E-state index contributed by atoms with van der Waals surface area (Å²) in [6, 6.07) is 0. The molecule has 0 aromatic carbocycles. The van der Waals surface area contributed by atoms with Crippen molar-refractivity contribution in [1.29, 1.82) is 0 Å². The average Bonchev–Trinajstić information content (AvgIpc) is 2.15. The van der Waals surface area contributed by atoms with E-state index in [1.54, 1.807) is 0 Å². The SMILES string of the molecule is CC1CCC(C(Cl)CCC(=O)O)CC1. The van der Waals surface area contributed by atoms with Crippen molar-refractivity contribution in [3.63, 3.8) is 0 Å². The number of carbonyl (C=O) groups is 1. The summed E-state index contributed by atoms with van der Waals surface area (Å²) in [5.74, 6) is 0.640. The van der Waals surface area contributed by atoms with E-state index in [0.717, 1.165) is 5.92 Å². The number of hydrogen-bond donors (Lipinski definition) is 1. The highest BCUT2D eigenvalue weighted by Gasteiger charge is 2.24. The number of rotatable bonds is 4. The largest absolute Gasteiger partial charge is 0.481 e. The minimum Gasteiger partial charge on any atom is -0.481 e. The molecule has 0 radical (unpaired) electrons. The topological polar surface area (TPSA) is 37.3 Å². The fourth-order valence-corrected chi connectivity index (χ4v) is 2.51. The first-order valence-corrected chi connectivity index (χ1v) is 5.89. The number of carboxylic acids is 1. The van der Waals surface area contributed by atoms with E-state index in [-0.39, 0.29) is 11.8 Å². The predicted molar refractivity (Wildman–Crippen MR) is 57.6 cm³/mol. The molecule has 1 unspecified atom stereocenters. The molecule has 0 saturated heterocycles. The Labute approximate surface area is 90.6 Å². The van der Waals surface area contributed by atoms with E-state index in [0.29, 0.717) is 12.3 Å². The van der Waals surface area contributed by atoms with E-state index in [4.69, 9.17) is 16.7 Å². The molecule has 0 amide bonds. The van der Waals surface area contributed by atoms with Gasteiger partial charge >= 0.3 is 5.97 Å². The molecule has 1 rings (SSSR count). The highest BCUT2D eigenvalue weighted by atomic mass is 35.5. The third kappa shape index (κ3) is 3.87. The van der Waals surface area contributed by atoms with Crippen molar-refractivity contribution in [1.82, 2.24) is 0 Å². The molecular weight excluding hydrogens is 200 g/mol. The van der Waals surface area contributed by atoms with Gasteiger partial charge in [0.25, 0.3) is 0 Å². The number of halogens is 1. The maximum absolute atomic E-state index is 10.4. The van der Waals surface area contributed by atoms with Crippen LogP contribution in [0.3, 0.4) is 0 Å². The van der Waals surface area contributed by atoms with Crippen LogP contribution in [0.5, 0.6) is 0 Å². The van der Waals surface area contributed by atoms with Gasteiger partial charge in [-0.2, -0.15) is 0 Å². The normalized spacial score (nSPS) is 29.9. The quantitative estimate of drug-likeness (QED) is 0.736. The van der Waals surface area contributed by atoms with Crippen LogP contribution in [0.1, 0.15) is 45.4 Å². The number of alkyl halides is 1. The van der Waals surface area contributed by atoms with Gasteiger partial charge in [0.2, 0.25) is 0 Å². The second kappa shape index (κ2) is 5.59. The summed E-state index contributed by atoms with van der Waals surface area (Å²) in [6.45, 7) is 2.27. The van der Waals surface area contributed by atoms with E-state index in [1.165, 1.54) is 25.7 Å². The first kappa shape index (κ1) is 11.8. The summed E-state index contributed by atoms with van der Waals surface area (Å²) in [7, 11) is 0. The van der Waals surface area contributed by atoms with Gasteiger partial charge in [-0.05, 0) is 31.1 Å². The molecule has 1 saturated carbocycles. The van der Waals surface area contributed by atoms with Crippen molar-refractivity contribution in [3.05, 3.63) is 0 Å². The molecule has 0 aromatic rings. The lowest BCUT2D eigenvalue weighted by atomic mass is 9.80. The molecule has 1 aliphatic carbocycles. The second-order valence-electron chi connectivity index (χ2n) is 4.47. The zero-order valence-corrected chi connectivity index (χ0v) is 9.46. The van der Waals surface area contributed by atoms with Gasteiger partial charge in [-0.15, -0.1) is 11.6 Å². The van der Waals surface area contributed by atoms with Gasteiger partial charge in [0.15, 0.2) is 0 Å². The predicted octanol–water partition coefficient (Wildman–Crippen LogP) is 3.28. The molecule has 1 atom stereocenters. The van der Waals surface area contributed by atoms with E-state index in [9.17, 15) is 4.79 Å². The number of hydrogen-bond acceptors (Lipinski definition) is 1. The standard InChI is InChI=1S/C11H19ClO2/c1-8-2-4-9(5-3-8)10(12)6-7-11(13)14/h8-10H,2-7H2,1H3,(H,13,14). The highest BCUT2D eigenvalue weighted by molar-refractivity contribution is 6.20. The van der Waals surface area contributed by atoms with Crippen molar-refractivity contribution in [2.75, 3.05) is 0 Å². The van der Waals surface area contributed by atoms with Crippen LogP contribution in [0.25, 0.3) is 0 Å². The Hall–Kier alpha value is -0.240. The van der Waals surface area contributed by atoms with E-state index in [2.05, 4.69) is 6.92 Å². The molecule has 1 fully saturated rings. The summed E-state index contributed by atoms with van der Waals surface area (Å²) in [5.41, 5.74) is 0. The van der Waals surface area contributed by atoms with Crippen LogP contribution in [0.4, 0.5) is 0 Å².